The van der Waals surface area contributed by atoms with E-state index in [1.54, 1.807) is 0 Å². The van der Waals surface area contributed by atoms with Crippen LogP contribution in [0, 0.1) is 0 Å². The van der Waals surface area contributed by atoms with Crippen molar-refractivity contribution < 1.29 is 9.47 Å². The molecule has 29 heavy (non-hydrogen) atoms. The fourth-order valence-corrected chi connectivity index (χ4v) is 4.97. The summed E-state index contributed by atoms with van der Waals surface area (Å²) < 4.78 is 14.1. The molecule has 2 aromatic rings. The number of nitrogens with one attached hydrogen (secondary N) is 2. The first-order chi connectivity index (χ1) is 14.3. The van der Waals surface area contributed by atoms with Crippen LogP contribution in [0.1, 0.15) is 38.1 Å². The summed E-state index contributed by atoms with van der Waals surface area (Å²) in [4.78, 5) is 0. The lowest BCUT2D eigenvalue weighted by Gasteiger charge is -2.26. The maximum Gasteiger partial charge on any atom is 0.166 e. The van der Waals surface area contributed by atoms with Crippen LogP contribution < -0.4 is 10.6 Å². The van der Waals surface area contributed by atoms with Gasteiger partial charge in [-0.2, -0.15) is 0 Å². The van der Waals surface area contributed by atoms with Crippen LogP contribution in [-0.4, -0.2) is 57.6 Å². The van der Waals surface area contributed by atoms with Gasteiger partial charge in [0.15, 0.2) is 5.11 Å². The smallest absolute Gasteiger partial charge is 0.166 e. The van der Waals surface area contributed by atoms with Gasteiger partial charge < -0.3 is 20.1 Å². The Balaban J connectivity index is 1.20. The van der Waals surface area contributed by atoms with Crippen molar-refractivity contribution >= 4 is 17.3 Å². The van der Waals surface area contributed by atoms with Crippen LogP contribution in [-0.2, 0) is 9.47 Å². The molecule has 3 fully saturated rings. The zero-order chi connectivity index (χ0) is 19.6. The van der Waals surface area contributed by atoms with E-state index >= 15 is 0 Å². The lowest BCUT2D eigenvalue weighted by molar-refractivity contribution is 0.0624. The third-order valence-electron chi connectivity index (χ3n) is 6.20. The number of thiocarbonyl (C=S) groups is 1. The topological polar surface area (TPSA) is 73.2 Å². The van der Waals surface area contributed by atoms with Gasteiger partial charge in [-0.15, -0.1) is 5.10 Å². The Morgan fingerprint density at radius 1 is 1.00 bits per heavy atom. The van der Waals surface area contributed by atoms with E-state index in [1.165, 1.54) is 32.1 Å². The Labute approximate surface area is 176 Å². The van der Waals surface area contributed by atoms with Gasteiger partial charge >= 0.3 is 0 Å². The van der Waals surface area contributed by atoms with Gasteiger partial charge in [0.25, 0.3) is 0 Å². The van der Waals surface area contributed by atoms with Crippen LogP contribution >= 0.6 is 12.2 Å². The summed E-state index contributed by atoms with van der Waals surface area (Å²) in [5.74, 6) is 0. The lowest BCUT2D eigenvalue weighted by Crippen LogP contribution is -2.50. The fraction of sp³-hybridized carbons (Fsp3) is 0.571. The van der Waals surface area contributed by atoms with E-state index in [9.17, 15) is 0 Å². The van der Waals surface area contributed by atoms with Crippen molar-refractivity contribution in [2.45, 2.75) is 62.4 Å². The summed E-state index contributed by atoms with van der Waals surface area (Å²) in [6.07, 6.45) is 8.20. The number of hydrogen-bond donors (Lipinski definition) is 2. The highest BCUT2D eigenvalue weighted by Gasteiger charge is 2.49. The summed E-state index contributed by atoms with van der Waals surface area (Å²) >= 11 is 5.55. The third-order valence-corrected chi connectivity index (χ3v) is 6.44. The van der Waals surface area contributed by atoms with Crippen molar-refractivity contribution in [3.63, 3.8) is 0 Å². The van der Waals surface area contributed by atoms with E-state index in [4.69, 9.17) is 21.7 Å². The normalized spacial score (nSPS) is 29.5. The Morgan fingerprint density at radius 3 is 2.62 bits per heavy atom. The molecule has 0 spiro atoms. The average Bonchev–Trinajstić information content (AvgIpc) is 3.47. The van der Waals surface area contributed by atoms with E-state index in [0.29, 0.717) is 24.4 Å². The SMILES string of the molecule is S=C(NC1CCCCC1)N[C@H]1CO[C@H]2[C@@H]1OC[C@@H]2n1cc(-c2ccccc2)nn1. The van der Waals surface area contributed by atoms with Gasteiger partial charge in [-0.05, 0) is 25.1 Å². The summed E-state index contributed by atoms with van der Waals surface area (Å²) in [5, 5.41) is 16.3. The maximum atomic E-state index is 6.10. The quantitative estimate of drug-likeness (QED) is 0.746. The summed E-state index contributed by atoms with van der Waals surface area (Å²) in [7, 11) is 0. The Morgan fingerprint density at radius 2 is 1.79 bits per heavy atom. The molecule has 2 saturated heterocycles. The predicted octanol–water partition coefficient (Wildman–Crippen LogP) is 2.45. The minimum absolute atomic E-state index is 0.0247. The van der Waals surface area contributed by atoms with Gasteiger partial charge in [0.05, 0.1) is 25.5 Å². The summed E-state index contributed by atoms with van der Waals surface area (Å²) in [5.41, 5.74) is 1.92. The third kappa shape index (κ3) is 4.01. The van der Waals surface area contributed by atoms with Gasteiger partial charge in [0.2, 0.25) is 0 Å². The fourth-order valence-electron chi connectivity index (χ4n) is 4.65. The van der Waals surface area contributed by atoms with Crippen molar-refractivity contribution in [2.24, 2.45) is 0 Å². The van der Waals surface area contributed by atoms with Crippen LogP contribution in [0.5, 0.6) is 0 Å². The molecular weight excluding hydrogens is 386 g/mol. The number of aromatic nitrogens is 3. The number of nitrogens with zero attached hydrogens (tertiary/aromatic N) is 3. The van der Waals surface area contributed by atoms with Crippen molar-refractivity contribution in [1.29, 1.82) is 0 Å². The predicted molar refractivity (Wildman–Crippen MR) is 114 cm³/mol. The molecule has 5 rings (SSSR count). The Bertz CT molecular complexity index is 839. The molecule has 2 aliphatic heterocycles. The maximum absolute atomic E-state index is 6.10. The first-order valence-corrected chi connectivity index (χ1v) is 11.0. The molecule has 0 amide bonds. The minimum atomic E-state index is -0.0460. The van der Waals surface area contributed by atoms with Crippen LogP contribution in [0.4, 0.5) is 0 Å². The second kappa shape index (κ2) is 8.38. The molecule has 1 aliphatic carbocycles. The molecule has 0 radical (unpaired) electrons. The molecule has 0 unspecified atom stereocenters. The molecule has 1 saturated carbocycles. The second-order valence-corrected chi connectivity index (χ2v) is 8.58. The lowest BCUT2D eigenvalue weighted by atomic mass is 9.96. The second-order valence-electron chi connectivity index (χ2n) is 8.17. The Kier molecular flexibility index (Phi) is 5.48. The molecule has 2 N–H and O–H groups in total. The van der Waals surface area contributed by atoms with E-state index in [1.807, 2.05) is 41.2 Å². The van der Waals surface area contributed by atoms with E-state index in [2.05, 4.69) is 20.9 Å². The van der Waals surface area contributed by atoms with Crippen molar-refractivity contribution in [2.75, 3.05) is 13.2 Å². The zero-order valence-electron chi connectivity index (χ0n) is 16.4. The zero-order valence-corrected chi connectivity index (χ0v) is 17.2. The van der Waals surface area contributed by atoms with Gasteiger partial charge in [-0.25, -0.2) is 4.68 Å². The largest absolute Gasteiger partial charge is 0.371 e. The monoisotopic (exact) mass is 413 g/mol. The highest BCUT2D eigenvalue weighted by atomic mass is 32.1. The van der Waals surface area contributed by atoms with Crippen molar-refractivity contribution in [3.05, 3.63) is 36.5 Å². The summed E-state index contributed by atoms with van der Waals surface area (Å²) in [6, 6.07) is 10.7. The van der Waals surface area contributed by atoms with Crippen molar-refractivity contribution in [1.82, 2.24) is 25.6 Å². The van der Waals surface area contributed by atoms with Gasteiger partial charge in [-0.3, -0.25) is 0 Å². The van der Waals surface area contributed by atoms with Crippen molar-refractivity contribution in [3.8, 4) is 11.3 Å². The van der Waals surface area contributed by atoms with E-state index in [0.717, 1.165) is 11.3 Å². The standard InChI is InChI=1S/C21H27N5O2S/c29-21(22-15-9-5-2-6-10-15)23-17-12-27-20-18(13-28-19(17)20)26-11-16(24-25-26)14-7-3-1-4-8-14/h1,3-4,7-8,11,15,17-20H,2,5-6,9-10,12-13H2,(H2,22,23,29)/t17-,18-,19+,20+/m0/s1. The Hall–Kier alpha value is -2.03. The van der Waals surface area contributed by atoms with E-state index in [-0.39, 0.29) is 24.3 Å². The average molecular weight is 414 g/mol. The van der Waals surface area contributed by atoms with E-state index < -0.39 is 0 Å². The molecule has 3 aliphatic rings. The first-order valence-electron chi connectivity index (χ1n) is 10.6. The molecule has 4 atom stereocenters. The van der Waals surface area contributed by atoms with Crippen LogP contribution in [0.25, 0.3) is 11.3 Å². The van der Waals surface area contributed by atoms with Crippen LogP contribution in [0.2, 0.25) is 0 Å². The first kappa shape index (κ1) is 19.0. The van der Waals surface area contributed by atoms with Crippen LogP contribution in [0.15, 0.2) is 36.5 Å². The molecular formula is C21H27N5O2S. The molecule has 1 aromatic heterocycles. The number of benzene rings is 1. The molecule has 0 bridgehead atoms. The highest BCUT2D eigenvalue weighted by molar-refractivity contribution is 7.80. The molecule has 154 valence electrons. The van der Waals surface area contributed by atoms with Gasteiger partial charge in [0.1, 0.15) is 23.9 Å². The summed E-state index contributed by atoms with van der Waals surface area (Å²) in [6.45, 7) is 1.15. The highest BCUT2D eigenvalue weighted by Crippen LogP contribution is 2.34. The number of ether oxygens (including phenoxy) is 2. The van der Waals surface area contributed by atoms with Gasteiger partial charge in [0, 0.05) is 11.6 Å². The number of rotatable bonds is 4. The molecule has 7 nitrogen and oxygen atoms in total. The van der Waals surface area contributed by atoms with Crippen LogP contribution in [0.3, 0.4) is 0 Å². The number of fused-ring (bicyclic) bond motifs is 1. The molecule has 8 heteroatoms. The molecule has 1 aromatic carbocycles. The minimum Gasteiger partial charge on any atom is -0.371 e. The molecule has 3 heterocycles. The number of hydrogen-bond acceptors (Lipinski definition) is 5. The van der Waals surface area contributed by atoms with Gasteiger partial charge in [-0.1, -0.05) is 54.8 Å².